The van der Waals surface area contributed by atoms with Crippen molar-refractivity contribution in [2.45, 2.75) is 19.4 Å². The molecule has 0 saturated carbocycles. The van der Waals surface area contributed by atoms with Crippen molar-refractivity contribution in [2.75, 3.05) is 0 Å². The first-order chi connectivity index (χ1) is 8.13. The van der Waals surface area contributed by atoms with E-state index in [0.717, 1.165) is 0 Å². The average Bonchev–Trinajstić information content (AvgIpc) is 2.86. The zero-order valence-corrected chi connectivity index (χ0v) is 9.18. The van der Waals surface area contributed by atoms with Crippen molar-refractivity contribution in [3.05, 3.63) is 17.7 Å². The highest BCUT2D eigenvalue weighted by Crippen LogP contribution is 1.99. The van der Waals surface area contributed by atoms with Crippen LogP contribution in [0.2, 0.25) is 0 Å². The molecule has 9 nitrogen and oxygen atoms in total. The van der Waals surface area contributed by atoms with Crippen molar-refractivity contribution < 1.29 is 9.90 Å². The molecule has 0 fully saturated rings. The number of aryl methyl sites for hydroxylation is 2. The molecule has 0 bridgehead atoms. The summed E-state index contributed by atoms with van der Waals surface area (Å²) >= 11 is 0. The molecule has 2 aromatic rings. The van der Waals surface area contributed by atoms with Gasteiger partial charge in [-0.2, -0.15) is 4.80 Å². The molecule has 0 radical (unpaired) electrons. The van der Waals surface area contributed by atoms with E-state index in [0.29, 0.717) is 24.5 Å². The molecule has 1 N–H and O–H groups in total. The number of carboxylic acids is 1. The molecule has 9 heteroatoms. The minimum Gasteiger partial charge on any atom is -0.481 e. The van der Waals surface area contributed by atoms with Crippen LogP contribution in [0.25, 0.3) is 0 Å². The summed E-state index contributed by atoms with van der Waals surface area (Å²) in [4.78, 5) is 11.7. The summed E-state index contributed by atoms with van der Waals surface area (Å²) in [7, 11) is 1.68. The van der Waals surface area contributed by atoms with Gasteiger partial charge in [0, 0.05) is 12.6 Å². The van der Waals surface area contributed by atoms with Crippen LogP contribution in [0.1, 0.15) is 17.9 Å². The SMILES string of the molecule is Cn1nnc(Cn2cc(CCC(=O)O)nn2)n1. The summed E-state index contributed by atoms with van der Waals surface area (Å²) in [6.07, 6.45) is 2.09. The normalized spacial score (nSPS) is 10.6. The highest BCUT2D eigenvalue weighted by molar-refractivity contribution is 5.66. The van der Waals surface area contributed by atoms with E-state index in [9.17, 15) is 4.79 Å². The van der Waals surface area contributed by atoms with E-state index in [-0.39, 0.29) is 6.42 Å². The Labute approximate surface area is 96.0 Å². The number of hydrogen-bond acceptors (Lipinski definition) is 6. The lowest BCUT2D eigenvalue weighted by Crippen LogP contribution is -2.03. The van der Waals surface area contributed by atoms with Crippen LogP contribution in [0.15, 0.2) is 6.20 Å². The Hall–Kier alpha value is -2.32. The number of aromatic nitrogens is 7. The van der Waals surface area contributed by atoms with Gasteiger partial charge in [0.2, 0.25) is 0 Å². The van der Waals surface area contributed by atoms with E-state index in [1.807, 2.05) is 0 Å². The van der Waals surface area contributed by atoms with Crippen molar-refractivity contribution in [2.24, 2.45) is 7.05 Å². The molecule has 2 rings (SSSR count). The van der Waals surface area contributed by atoms with Crippen LogP contribution in [0.4, 0.5) is 0 Å². The van der Waals surface area contributed by atoms with Crippen LogP contribution in [0.5, 0.6) is 0 Å². The van der Waals surface area contributed by atoms with Crippen LogP contribution in [-0.2, 0) is 24.8 Å². The number of aliphatic carboxylic acids is 1. The third kappa shape index (κ3) is 3.06. The molecular weight excluding hydrogens is 226 g/mol. The molecular formula is C8H11N7O2. The Kier molecular flexibility index (Phi) is 3.08. The number of carboxylic acid groups (broad SMARTS) is 1. The first kappa shape index (κ1) is 11.2. The molecule has 90 valence electrons. The third-order valence-corrected chi connectivity index (χ3v) is 2.03. The summed E-state index contributed by atoms with van der Waals surface area (Å²) in [5.41, 5.74) is 0.635. The second kappa shape index (κ2) is 4.68. The first-order valence-corrected chi connectivity index (χ1v) is 4.97. The Bertz CT molecular complexity index is 517. The fourth-order valence-electron chi connectivity index (χ4n) is 1.30. The number of tetrazole rings is 1. The van der Waals surface area contributed by atoms with E-state index in [4.69, 9.17) is 5.11 Å². The van der Waals surface area contributed by atoms with Gasteiger partial charge >= 0.3 is 5.97 Å². The van der Waals surface area contributed by atoms with Crippen molar-refractivity contribution in [1.82, 2.24) is 35.2 Å². The van der Waals surface area contributed by atoms with Gasteiger partial charge in [-0.15, -0.1) is 15.3 Å². The molecule has 0 aliphatic rings. The summed E-state index contributed by atoms with van der Waals surface area (Å²) in [6, 6.07) is 0. The minimum absolute atomic E-state index is 0.0437. The van der Waals surface area contributed by atoms with Crippen molar-refractivity contribution in [3.63, 3.8) is 0 Å². The zero-order valence-electron chi connectivity index (χ0n) is 9.18. The van der Waals surface area contributed by atoms with Crippen LogP contribution in [0, 0.1) is 0 Å². The van der Waals surface area contributed by atoms with Crippen molar-refractivity contribution in [3.8, 4) is 0 Å². The van der Waals surface area contributed by atoms with Crippen LogP contribution < -0.4 is 0 Å². The minimum atomic E-state index is -0.852. The van der Waals surface area contributed by atoms with Gasteiger partial charge in [0.1, 0.15) is 6.54 Å². The van der Waals surface area contributed by atoms with Gasteiger partial charge in [-0.1, -0.05) is 5.21 Å². The summed E-state index contributed by atoms with van der Waals surface area (Å²) in [5, 5.41) is 27.8. The second-order valence-electron chi connectivity index (χ2n) is 3.50. The van der Waals surface area contributed by atoms with E-state index in [2.05, 4.69) is 25.7 Å². The maximum Gasteiger partial charge on any atom is 0.303 e. The van der Waals surface area contributed by atoms with Gasteiger partial charge in [-0.25, -0.2) is 4.68 Å². The maximum atomic E-state index is 10.4. The zero-order chi connectivity index (χ0) is 12.3. The number of carbonyl (C=O) groups is 1. The Morgan fingerprint density at radius 1 is 1.41 bits per heavy atom. The molecule has 0 amide bonds. The van der Waals surface area contributed by atoms with Crippen LogP contribution in [0.3, 0.4) is 0 Å². The summed E-state index contributed by atoms with van der Waals surface area (Å²) in [6.45, 7) is 0.369. The molecule has 0 aliphatic heterocycles. The maximum absolute atomic E-state index is 10.4. The predicted molar refractivity (Wildman–Crippen MR) is 53.9 cm³/mol. The van der Waals surface area contributed by atoms with Gasteiger partial charge in [0.05, 0.1) is 19.2 Å². The number of nitrogens with zero attached hydrogens (tertiary/aromatic N) is 7. The predicted octanol–water partition coefficient (Wildman–Crippen LogP) is -1.13. The topological polar surface area (TPSA) is 112 Å². The number of rotatable bonds is 5. The van der Waals surface area contributed by atoms with Crippen LogP contribution >= 0.6 is 0 Å². The van der Waals surface area contributed by atoms with Gasteiger partial charge in [-0.3, -0.25) is 4.79 Å². The Morgan fingerprint density at radius 3 is 2.88 bits per heavy atom. The lowest BCUT2D eigenvalue weighted by molar-refractivity contribution is -0.136. The second-order valence-corrected chi connectivity index (χ2v) is 3.50. The van der Waals surface area contributed by atoms with E-state index >= 15 is 0 Å². The van der Waals surface area contributed by atoms with Crippen molar-refractivity contribution >= 4 is 5.97 Å². The monoisotopic (exact) mass is 237 g/mol. The van der Waals surface area contributed by atoms with Gasteiger partial charge < -0.3 is 5.11 Å². The van der Waals surface area contributed by atoms with Crippen molar-refractivity contribution in [1.29, 1.82) is 0 Å². The molecule has 0 unspecified atom stereocenters. The fourth-order valence-corrected chi connectivity index (χ4v) is 1.30. The van der Waals surface area contributed by atoms with Crippen LogP contribution in [-0.4, -0.2) is 46.3 Å². The van der Waals surface area contributed by atoms with Gasteiger partial charge in [0.15, 0.2) is 5.82 Å². The fraction of sp³-hybridized carbons (Fsp3) is 0.500. The molecule has 0 saturated heterocycles. The molecule has 0 aliphatic carbocycles. The largest absolute Gasteiger partial charge is 0.481 e. The lowest BCUT2D eigenvalue weighted by atomic mass is 10.2. The van der Waals surface area contributed by atoms with Gasteiger partial charge in [-0.05, 0) is 5.21 Å². The molecule has 0 aromatic carbocycles. The van der Waals surface area contributed by atoms with E-state index in [1.165, 1.54) is 4.80 Å². The molecule has 17 heavy (non-hydrogen) atoms. The molecule has 2 heterocycles. The highest BCUT2D eigenvalue weighted by atomic mass is 16.4. The van der Waals surface area contributed by atoms with E-state index in [1.54, 1.807) is 17.9 Å². The molecule has 0 atom stereocenters. The quantitative estimate of drug-likeness (QED) is 0.699. The third-order valence-electron chi connectivity index (χ3n) is 2.03. The number of hydrogen-bond donors (Lipinski definition) is 1. The lowest BCUT2D eigenvalue weighted by Gasteiger charge is -1.92. The highest BCUT2D eigenvalue weighted by Gasteiger charge is 2.06. The Balaban J connectivity index is 1.96. The summed E-state index contributed by atoms with van der Waals surface area (Å²) in [5.74, 6) is -0.322. The first-order valence-electron chi connectivity index (χ1n) is 4.97. The van der Waals surface area contributed by atoms with Gasteiger partial charge in [0.25, 0.3) is 0 Å². The summed E-state index contributed by atoms with van der Waals surface area (Å²) < 4.78 is 1.55. The average molecular weight is 237 g/mol. The Morgan fingerprint density at radius 2 is 2.24 bits per heavy atom. The smallest absolute Gasteiger partial charge is 0.303 e. The molecule has 0 spiro atoms. The standard InChI is InChI=1S/C8H11N7O2/c1-14-11-7(10-12-14)5-15-4-6(9-13-15)2-3-8(16)17/h4H,2-3,5H2,1H3,(H,16,17). The molecule has 2 aromatic heterocycles. The van der Waals surface area contributed by atoms with E-state index < -0.39 is 5.97 Å².